The van der Waals surface area contributed by atoms with Crippen LogP contribution in [0, 0.1) is 0 Å². The summed E-state index contributed by atoms with van der Waals surface area (Å²) in [5, 5.41) is 7.48. The van der Waals surface area contributed by atoms with Gasteiger partial charge in [-0.3, -0.25) is 9.48 Å². The van der Waals surface area contributed by atoms with Crippen molar-refractivity contribution in [3.05, 3.63) is 18.0 Å². The normalized spacial score (nSPS) is 17.8. The third-order valence-electron chi connectivity index (χ3n) is 4.04. The highest BCUT2D eigenvalue weighted by Gasteiger charge is 2.20. The average molecular weight is 278 g/mol. The lowest BCUT2D eigenvalue weighted by molar-refractivity contribution is -0.133. The third kappa shape index (κ3) is 4.07. The maximum absolute atomic E-state index is 12.4. The topological polar surface area (TPSA) is 50.2 Å². The van der Waals surface area contributed by atoms with Crippen LogP contribution in [-0.4, -0.2) is 46.3 Å². The van der Waals surface area contributed by atoms with Crippen LogP contribution in [0.3, 0.4) is 0 Å². The number of hydrogen-bond donors (Lipinski definition) is 1. The van der Waals surface area contributed by atoms with Crippen LogP contribution in [-0.2, 0) is 18.3 Å². The van der Waals surface area contributed by atoms with Gasteiger partial charge in [0.25, 0.3) is 0 Å². The molecule has 112 valence electrons. The Kier molecular flexibility index (Phi) is 5.59. The number of nitrogens with one attached hydrogen (secondary N) is 1. The van der Waals surface area contributed by atoms with Gasteiger partial charge in [0.1, 0.15) is 0 Å². The summed E-state index contributed by atoms with van der Waals surface area (Å²) in [6.07, 6.45) is 7.51. The summed E-state index contributed by atoms with van der Waals surface area (Å²) in [7, 11) is 1.95. The minimum Gasteiger partial charge on any atom is -0.341 e. The first-order valence-corrected chi connectivity index (χ1v) is 7.67. The van der Waals surface area contributed by atoms with Gasteiger partial charge in [0, 0.05) is 45.0 Å². The quantitative estimate of drug-likeness (QED) is 0.884. The summed E-state index contributed by atoms with van der Waals surface area (Å²) in [5.41, 5.74) is 1.19. The molecule has 1 unspecified atom stereocenters. The fourth-order valence-electron chi connectivity index (χ4n) is 2.72. The van der Waals surface area contributed by atoms with Crippen LogP contribution >= 0.6 is 0 Å². The van der Waals surface area contributed by atoms with E-state index in [9.17, 15) is 4.79 Å². The Balaban J connectivity index is 1.74. The van der Waals surface area contributed by atoms with Crippen molar-refractivity contribution in [2.24, 2.45) is 7.05 Å². The van der Waals surface area contributed by atoms with E-state index in [0.29, 0.717) is 0 Å². The second-order valence-electron chi connectivity index (χ2n) is 5.61. The lowest BCUT2D eigenvalue weighted by Gasteiger charge is -2.24. The standard InChI is InChI=1S/C15H26N4O/c1-13(15(20)19-11-5-3-4-6-12-19)16-9-7-14-8-10-17-18(14)2/h8,10,13,16H,3-7,9,11-12H2,1-2H3. The van der Waals surface area contributed by atoms with Gasteiger partial charge in [-0.1, -0.05) is 12.8 Å². The summed E-state index contributed by atoms with van der Waals surface area (Å²) in [4.78, 5) is 14.4. The summed E-state index contributed by atoms with van der Waals surface area (Å²) >= 11 is 0. The van der Waals surface area contributed by atoms with Gasteiger partial charge in [-0.25, -0.2) is 0 Å². The Morgan fingerprint density at radius 2 is 2.05 bits per heavy atom. The summed E-state index contributed by atoms with van der Waals surface area (Å²) in [5.74, 6) is 0.247. The highest BCUT2D eigenvalue weighted by molar-refractivity contribution is 5.81. The zero-order valence-corrected chi connectivity index (χ0v) is 12.6. The Morgan fingerprint density at radius 3 is 2.65 bits per heavy atom. The first-order valence-electron chi connectivity index (χ1n) is 7.67. The van der Waals surface area contributed by atoms with Crippen LogP contribution in [0.2, 0.25) is 0 Å². The monoisotopic (exact) mass is 278 g/mol. The molecule has 1 aliphatic heterocycles. The van der Waals surface area contributed by atoms with E-state index in [0.717, 1.165) is 38.9 Å². The number of hydrogen-bond acceptors (Lipinski definition) is 3. The second kappa shape index (κ2) is 7.43. The molecule has 0 radical (unpaired) electrons. The second-order valence-corrected chi connectivity index (χ2v) is 5.61. The van der Waals surface area contributed by atoms with Crippen LogP contribution in [0.25, 0.3) is 0 Å². The van der Waals surface area contributed by atoms with Crippen LogP contribution < -0.4 is 5.32 Å². The van der Waals surface area contributed by atoms with E-state index < -0.39 is 0 Å². The molecule has 0 aromatic carbocycles. The van der Waals surface area contributed by atoms with Gasteiger partial charge in [-0.2, -0.15) is 5.10 Å². The molecule has 0 saturated carbocycles. The smallest absolute Gasteiger partial charge is 0.239 e. The van der Waals surface area contributed by atoms with Crippen LogP contribution in [0.15, 0.2) is 12.3 Å². The zero-order valence-electron chi connectivity index (χ0n) is 12.6. The van der Waals surface area contributed by atoms with Crippen LogP contribution in [0.1, 0.15) is 38.3 Å². The molecule has 5 heteroatoms. The molecule has 1 aromatic rings. The highest BCUT2D eigenvalue weighted by atomic mass is 16.2. The lowest BCUT2D eigenvalue weighted by atomic mass is 10.2. The summed E-state index contributed by atoms with van der Waals surface area (Å²) < 4.78 is 1.88. The molecule has 0 spiro atoms. The Hall–Kier alpha value is -1.36. The van der Waals surface area contributed by atoms with E-state index in [4.69, 9.17) is 0 Å². The summed E-state index contributed by atoms with van der Waals surface area (Å²) in [6, 6.07) is 1.92. The molecule has 1 fully saturated rings. The van der Waals surface area contributed by atoms with Crippen molar-refractivity contribution >= 4 is 5.91 Å². The molecule has 2 heterocycles. The number of aryl methyl sites for hydroxylation is 1. The molecule has 1 amide bonds. The lowest BCUT2D eigenvalue weighted by Crippen LogP contribution is -2.45. The minimum absolute atomic E-state index is 0.0960. The maximum Gasteiger partial charge on any atom is 0.239 e. The van der Waals surface area contributed by atoms with E-state index in [2.05, 4.69) is 10.4 Å². The molecule has 5 nitrogen and oxygen atoms in total. The molecular weight excluding hydrogens is 252 g/mol. The first-order chi connectivity index (χ1) is 9.68. The minimum atomic E-state index is -0.0960. The predicted molar refractivity (Wildman–Crippen MR) is 79.4 cm³/mol. The summed E-state index contributed by atoms with van der Waals surface area (Å²) in [6.45, 7) is 4.62. The van der Waals surface area contributed by atoms with Crippen molar-refractivity contribution in [3.8, 4) is 0 Å². The van der Waals surface area contributed by atoms with E-state index in [-0.39, 0.29) is 11.9 Å². The number of likely N-dealkylation sites (tertiary alicyclic amines) is 1. The molecule has 1 aliphatic rings. The molecule has 1 atom stereocenters. The Labute approximate surface area is 121 Å². The number of aromatic nitrogens is 2. The predicted octanol–water partition coefficient (Wildman–Crippen LogP) is 1.34. The average Bonchev–Trinajstić information content (AvgIpc) is 2.70. The van der Waals surface area contributed by atoms with Crippen molar-refractivity contribution in [2.75, 3.05) is 19.6 Å². The first kappa shape index (κ1) is 15.0. The van der Waals surface area contributed by atoms with Gasteiger partial charge < -0.3 is 10.2 Å². The van der Waals surface area contributed by atoms with Gasteiger partial charge >= 0.3 is 0 Å². The highest BCUT2D eigenvalue weighted by Crippen LogP contribution is 2.10. The van der Waals surface area contributed by atoms with Crippen molar-refractivity contribution < 1.29 is 4.79 Å². The molecule has 0 bridgehead atoms. The largest absolute Gasteiger partial charge is 0.341 e. The van der Waals surface area contributed by atoms with Crippen molar-refractivity contribution in [2.45, 2.75) is 45.1 Å². The molecule has 1 aromatic heterocycles. The Bertz CT molecular complexity index is 421. The van der Waals surface area contributed by atoms with E-state index in [1.165, 1.54) is 18.5 Å². The van der Waals surface area contributed by atoms with Gasteiger partial charge in [0.2, 0.25) is 5.91 Å². The number of carbonyl (C=O) groups is 1. The van der Waals surface area contributed by atoms with Crippen LogP contribution in [0.5, 0.6) is 0 Å². The van der Waals surface area contributed by atoms with E-state index in [1.54, 1.807) is 6.20 Å². The molecule has 20 heavy (non-hydrogen) atoms. The van der Waals surface area contributed by atoms with Gasteiger partial charge in [0.15, 0.2) is 0 Å². The van der Waals surface area contributed by atoms with Gasteiger partial charge in [0.05, 0.1) is 6.04 Å². The van der Waals surface area contributed by atoms with Crippen molar-refractivity contribution in [1.29, 1.82) is 0 Å². The van der Waals surface area contributed by atoms with E-state index >= 15 is 0 Å². The maximum atomic E-state index is 12.4. The molecule has 1 saturated heterocycles. The fourth-order valence-corrected chi connectivity index (χ4v) is 2.72. The molecule has 2 rings (SSSR count). The SMILES string of the molecule is CC(NCCc1ccnn1C)C(=O)N1CCCCCC1. The fraction of sp³-hybridized carbons (Fsp3) is 0.733. The van der Waals surface area contributed by atoms with Gasteiger partial charge in [-0.05, 0) is 25.8 Å². The Morgan fingerprint density at radius 1 is 1.35 bits per heavy atom. The number of rotatable bonds is 5. The van der Waals surface area contributed by atoms with Gasteiger partial charge in [-0.15, -0.1) is 0 Å². The molecule has 0 aliphatic carbocycles. The molecule has 1 N–H and O–H groups in total. The zero-order chi connectivity index (χ0) is 14.4. The number of amides is 1. The number of carbonyl (C=O) groups excluding carboxylic acids is 1. The number of nitrogens with zero attached hydrogens (tertiary/aromatic N) is 3. The third-order valence-corrected chi connectivity index (χ3v) is 4.04. The molecular formula is C15H26N4O. The van der Waals surface area contributed by atoms with Crippen LogP contribution in [0.4, 0.5) is 0 Å². The van der Waals surface area contributed by atoms with E-state index in [1.807, 2.05) is 29.6 Å². The van der Waals surface area contributed by atoms with Crippen molar-refractivity contribution in [3.63, 3.8) is 0 Å². The van der Waals surface area contributed by atoms with Crippen molar-refractivity contribution in [1.82, 2.24) is 20.0 Å².